The number of carbonyl (C=O) groups excluding carboxylic acids is 3. The Bertz CT molecular complexity index is 836. The van der Waals surface area contributed by atoms with Gasteiger partial charge in [0, 0.05) is 23.9 Å². The molecule has 1 aromatic heterocycles. The molecule has 2 N–H and O–H groups in total. The van der Waals surface area contributed by atoms with Gasteiger partial charge in [0.05, 0.1) is 0 Å². The van der Waals surface area contributed by atoms with Crippen molar-refractivity contribution in [3.8, 4) is 0 Å². The van der Waals surface area contributed by atoms with Gasteiger partial charge in [0.15, 0.2) is 6.10 Å². The minimum Gasteiger partial charge on any atom is -0.465 e. The molecule has 0 bridgehead atoms. The van der Waals surface area contributed by atoms with E-state index in [1.54, 1.807) is 45.0 Å². The third-order valence-corrected chi connectivity index (χ3v) is 3.89. The van der Waals surface area contributed by atoms with Crippen molar-refractivity contribution in [1.29, 1.82) is 0 Å². The molecule has 0 radical (unpaired) electrons. The summed E-state index contributed by atoms with van der Waals surface area (Å²) >= 11 is 0. The predicted octanol–water partition coefficient (Wildman–Crippen LogP) is 3.35. The average molecular weight is 358 g/mol. The zero-order valence-corrected chi connectivity index (χ0v) is 15.4. The molecule has 0 aliphatic rings. The summed E-state index contributed by atoms with van der Waals surface area (Å²) in [6, 6.07) is 6.61. The van der Waals surface area contributed by atoms with Gasteiger partial charge < -0.3 is 19.8 Å². The van der Waals surface area contributed by atoms with Gasteiger partial charge in [-0.15, -0.1) is 0 Å². The van der Waals surface area contributed by atoms with Crippen LogP contribution in [0.5, 0.6) is 0 Å². The summed E-state index contributed by atoms with van der Waals surface area (Å²) in [6.45, 7) is 8.12. The summed E-state index contributed by atoms with van der Waals surface area (Å²) in [5.41, 5.74) is 2.20. The Morgan fingerprint density at radius 3 is 1.96 bits per heavy atom. The van der Waals surface area contributed by atoms with Crippen LogP contribution < -0.4 is 10.6 Å². The number of ether oxygens (including phenoxy) is 1. The van der Waals surface area contributed by atoms with E-state index in [9.17, 15) is 14.4 Å². The van der Waals surface area contributed by atoms with Crippen LogP contribution in [0.25, 0.3) is 0 Å². The lowest BCUT2D eigenvalue weighted by molar-refractivity contribution is -0.123. The summed E-state index contributed by atoms with van der Waals surface area (Å²) in [5, 5.41) is 5.30. The van der Waals surface area contributed by atoms with Crippen molar-refractivity contribution in [2.24, 2.45) is 0 Å². The summed E-state index contributed by atoms with van der Waals surface area (Å²) in [5.74, 6) is -0.124. The lowest BCUT2D eigenvalue weighted by atomic mass is 10.1. The average Bonchev–Trinajstić information content (AvgIpc) is 2.81. The number of benzene rings is 1. The summed E-state index contributed by atoms with van der Waals surface area (Å²) in [7, 11) is 0. The van der Waals surface area contributed by atoms with E-state index in [1.165, 1.54) is 13.8 Å². The molecule has 0 spiro atoms. The minimum absolute atomic E-state index is 0.178. The zero-order valence-electron chi connectivity index (χ0n) is 15.4. The van der Waals surface area contributed by atoms with Crippen molar-refractivity contribution in [3.05, 3.63) is 46.9 Å². The van der Waals surface area contributed by atoms with Crippen molar-refractivity contribution in [1.82, 2.24) is 0 Å². The van der Waals surface area contributed by atoms with E-state index in [-0.39, 0.29) is 5.91 Å². The van der Waals surface area contributed by atoms with Crippen LogP contribution in [0.4, 0.5) is 11.4 Å². The first-order valence-electron chi connectivity index (χ1n) is 8.15. The Balaban J connectivity index is 1.99. The highest BCUT2D eigenvalue weighted by Crippen LogP contribution is 2.22. The normalized spacial score (nSPS) is 11.6. The van der Waals surface area contributed by atoms with Gasteiger partial charge in [-0.1, -0.05) is 0 Å². The Morgan fingerprint density at radius 1 is 0.962 bits per heavy atom. The van der Waals surface area contributed by atoms with E-state index in [0.29, 0.717) is 34.0 Å². The molecule has 1 atom stereocenters. The Hall–Kier alpha value is -3.09. The van der Waals surface area contributed by atoms with E-state index in [1.807, 2.05) is 0 Å². The van der Waals surface area contributed by atoms with E-state index < -0.39 is 18.0 Å². The second kappa shape index (κ2) is 7.86. The second-order valence-electron chi connectivity index (χ2n) is 6.01. The quantitative estimate of drug-likeness (QED) is 0.799. The topological polar surface area (TPSA) is 97.6 Å². The Kier molecular flexibility index (Phi) is 5.82. The molecule has 2 amide bonds. The van der Waals surface area contributed by atoms with Crippen LogP contribution in [0.1, 0.15) is 41.3 Å². The molecule has 0 fully saturated rings. The molecule has 2 rings (SSSR count). The first kappa shape index (κ1) is 19.2. The lowest BCUT2D eigenvalue weighted by Gasteiger charge is -2.14. The molecular weight excluding hydrogens is 336 g/mol. The Morgan fingerprint density at radius 2 is 1.50 bits per heavy atom. The van der Waals surface area contributed by atoms with Crippen LogP contribution in [0.15, 0.2) is 28.7 Å². The van der Waals surface area contributed by atoms with Gasteiger partial charge in [-0.05, 0) is 52.0 Å². The number of amides is 2. The Labute approximate surface area is 151 Å². The van der Waals surface area contributed by atoms with Crippen molar-refractivity contribution in [3.63, 3.8) is 0 Å². The summed E-state index contributed by atoms with van der Waals surface area (Å²) < 4.78 is 10.7. The largest absolute Gasteiger partial charge is 0.465 e. The van der Waals surface area contributed by atoms with Gasteiger partial charge in [-0.3, -0.25) is 9.59 Å². The van der Waals surface area contributed by atoms with Crippen LogP contribution in [-0.4, -0.2) is 23.9 Å². The fraction of sp³-hybridized carbons (Fsp3) is 0.316. The fourth-order valence-corrected chi connectivity index (χ4v) is 2.45. The van der Waals surface area contributed by atoms with Crippen LogP contribution in [0.2, 0.25) is 0 Å². The zero-order chi connectivity index (χ0) is 19.4. The summed E-state index contributed by atoms with van der Waals surface area (Å²) in [6.07, 6.45) is -0.980. The van der Waals surface area contributed by atoms with Gasteiger partial charge in [0.25, 0.3) is 5.91 Å². The van der Waals surface area contributed by atoms with Crippen molar-refractivity contribution >= 4 is 29.2 Å². The molecule has 138 valence electrons. The van der Waals surface area contributed by atoms with Crippen LogP contribution >= 0.6 is 0 Å². The molecule has 0 unspecified atom stereocenters. The molecule has 1 aromatic carbocycles. The molecule has 0 aliphatic heterocycles. The smallest absolute Gasteiger partial charge is 0.342 e. The number of hydrogen-bond donors (Lipinski definition) is 2. The van der Waals surface area contributed by atoms with Crippen molar-refractivity contribution in [2.45, 2.75) is 40.7 Å². The predicted molar refractivity (Wildman–Crippen MR) is 97.2 cm³/mol. The molecular formula is C19H22N2O5. The molecule has 1 heterocycles. The van der Waals surface area contributed by atoms with Crippen LogP contribution in [0, 0.1) is 20.8 Å². The van der Waals surface area contributed by atoms with E-state index in [2.05, 4.69) is 10.6 Å². The molecule has 7 heteroatoms. The first-order valence-corrected chi connectivity index (χ1v) is 8.15. The van der Waals surface area contributed by atoms with Gasteiger partial charge in [0.2, 0.25) is 5.91 Å². The molecule has 26 heavy (non-hydrogen) atoms. The molecule has 0 aliphatic carbocycles. The van der Waals surface area contributed by atoms with Gasteiger partial charge in [-0.2, -0.15) is 0 Å². The first-order chi connectivity index (χ1) is 12.2. The van der Waals surface area contributed by atoms with Gasteiger partial charge in [-0.25, -0.2) is 4.79 Å². The third kappa shape index (κ3) is 4.50. The lowest BCUT2D eigenvalue weighted by Crippen LogP contribution is -2.30. The SMILES string of the molecule is CC(=O)Nc1ccc(NC(=O)[C@@H](C)OC(=O)c2c(C)oc(C)c2C)cc1. The highest BCUT2D eigenvalue weighted by atomic mass is 16.5. The maximum absolute atomic E-state index is 12.3. The number of esters is 1. The molecule has 0 saturated heterocycles. The number of furan rings is 1. The number of rotatable bonds is 5. The maximum Gasteiger partial charge on any atom is 0.342 e. The van der Waals surface area contributed by atoms with E-state index in [0.717, 1.165) is 0 Å². The van der Waals surface area contributed by atoms with E-state index in [4.69, 9.17) is 9.15 Å². The maximum atomic E-state index is 12.3. The third-order valence-electron chi connectivity index (χ3n) is 3.89. The highest BCUT2D eigenvalue weighted by molar-refractivity contribution is 5.98. The molecule has 0 saturated carbocycles. The fourth-order valence-electron chi connectivity index (χ4n) is 2.45. The van der Waals surface area contributed by atoms with Crippen molar-refractivity contribution < 1.29 is 23.5 Å². The summed E-state index contributed by atoms with van der Waals surface area (Å²) in [4.78, 5) is 35.5. The van der Waals surface area contributed by atoms with Gasteiger partial charge >= 0.3 is 5.97 Å². The number of hydrogen-bond acceptors (Lipinski definition) is 5. The highest BCUT2D eigenvalue weighted by Gasteiger charge is 2.24. The molecule has 2 aromatic rings. The minimum atomic E-state index is -0.980. The van der Waals surface area contributed by atoms with Crippen molar-refractivity contribution in [2.75, 3.05) is 10.6 Å². The van der Waals surface area contributed by atoms with Crippen LogP contribution in [-0.2, 0) is 14.3 Å². The monoisotopic (exact) mass is 358 g/mol. The number of anilines is 2. The number of carbonyl (C=O) groups is 3. The van der Waals surface area contributed by atoms with Gasteiger partial charge in [0.1, 0.15) is 17.1 Å². The second-order valence-corrected chi connectivity index (χ2v) is 6.01. The molecule has 7 nitrogen and oxygen atoms in total. The van der Waals surface area contributed by atoms with E-state index >= 15 is 0 Å². The number of nitrogens with one attached hydrogen (secondary N) is 2. The standard InChI is InChI=1S/C19H22N2O5/c1-10-11(2)25-12(3)17(10)19(24)26-13(4)18(23)21-16-8-6-15(7-9-16)20-14(5)22/h6-9,13H,1-5H3,(H,20,22)(H,21,23)/t13-/m1/s1. The van der Waals surface area contributed by atoms with Crippen LogP contribution in [0.3, 0.4) is 0 Å². The number of aryl methyl sites for hydroxylation is 2.